The van der Waals surface area contributed by atoms with Crippen LogP contribution in [-0.2, 0) is 9.59 Å². The predicted octanol–water partition coefficient (Wildman–Crippen LogP) is 4.38. The highest BCUT2D eigenvalue weighted by atomic mass is 35.5. The molecule has 0 aliphatic carbocycles. The van der Waals surface area contributed by atoms with Crippen molar-refractivity contribution in [2.45, 2.75) is 25.3 Å². The number of rotatable bonds is 6. The molecule has 184 valence electrons. The lowest BCUT2D eigenvalue weighted by Crippen LogP contribution is -2.53. The van der Waals surface area contributed by atoms with E-state index in [1.54, 1.807) is 51.1 Å². The number of carboxylic acid groups (broad SMARTS) is 1. The summed E-state index contributed by atoms with van der Waals surface area (Å²) in [6, 6.07) is 12.9. The molecule has 2 fully saturated rings. The molecule has 2 aliphatic rings. The minimum Gasteiger partial charge on any atom is -0.478 e. The highest BCUT2D eigenvalue weighted by Gasteiger charge is 2.60. The molecule has 2 aromatic rings. The standard InChI is InChI=1S/C26H27ClFN3O4/c1-17(2)13-30-16-26(31(25(30)35)21-9-5-19(27)6-10-21)15-29(23(32)11-12-24(33)34)14-22(26)18-3-7-20(28)8-4-18/h3-12,17,22H,13-16H2,1-2H3,(H,33,34)/t22-,26-/m1/s1. The minimum atomic E-state index is -1.22. The molecule has 3 amide bonds. The molecule has 2 atom stereocenters. The first-order valence-electron chi connectivity index (χ1n) is 11.4. The van der Waals surface area contributed by atoms with Crippen LogP contribution < -0.4 is 4.90 Å². The van der Waals surface area contributed by atoms with Gasteiger partial charge in [0.1, 0.15) is 5.82 Å². The van der Waals surface area contributed by atoms with Crippen LogP contribution in [0.5, 0.6) is 0 Å². The molecule has 2 aromatic carbocycles. The number of hydrogen-bond donors (Lipinski definition) is 1. The van der Waals surface area contributed by atoms with Crippen molar-refractivity contribution in [1.29, 1.82) is 0 Å². The van der Waals surface area contributed by atoms with Gasteiger partial charge in [0.25, 0.3) is 0 Å². The number of carbonyl (C=O) groups is 3. The van der Waals surface area contributed by atoms with Crippen molar-refractivity contribution < 1.29 is 23.9 Å². The number of hydrogen-bond acceptors (Lipinski definition) is 3. The fraction of sp³-hybridized carbons (Fsp3) is 0.346. The Bertz CT molecular complexity index is 1150. The average Bonchev–Trinajstić information content (AvgIpc) is 3.30. The van der Waals surface area contributed by atoms with E-state index in [0.717, 1.165) is 17.7 Å². The molecule has 2 aliphatic heterocycles. The number of urea groups is 1. The van der Waals surface area contributed by atoms with Crippen LogP contribution in [0.3, 0.4) is 0 Å². The van der Waals surface area contributed by atoms with Gasteiger partial charge in [0.05, 0.1) is 5.54 Å². The Labute approximate surface area is 208 Å². The third-order valence-corrected chi connectivity index (χ3v) is 6.76. The number of benzene rings is 2. The van der Waals surface area contributed by atoms with Crippen molar-refractivity contribution >= 4 is 35.2 Å². The predicted molar refractivity (Wildman–Crippen MR) is 131 cm³/mol. The number of likely N-dealkylation sites (tertiary alicyclic amines) is 1. The summed E-state index contributed by atoms with van der Waals surface area (Å²) in [5.74, 6) is -2.16. The Morgan fingerprint density at radius 1 is 1.11 bits per heavy atom. The maximum absolute atomic E-state index is 13.8. The van der Waals surface area contributed by atoms with E-state index in [1.807, 2.05) is 13.8 Å². The smallest absolute Gasteiger partial charge is 0.328 e. The molecule has 0 radical (unpaired) electrons. The van der Waals surface area contributed by atoms with Crippen LogP contribution >= 0.6 is 11.6 Å². The van der Waals surface area contributed by atoms with Crippen molar-refractivity contribution in [3.63, 3.8) is 0 Å². The van der Waals surface area contributed by atoms with Crippen LogP contribution in [0.4, 0.5) is 14.9 Å². The van der Waals surface area contributed by atoms with E-state index in [2.05, 4.69) is 0 Å². The number of carbonyl (C=O) groups excluding carboxylic acids is 2. The average molecular weight is 500 g/mol. The van der Waals surface area contributed by atoms with Crippen molar-refractivity contribution in [2.24, 2.45) is 5.92 Å². The van der Waals surface area contributed by atoms with E-state index in [-0.39, 0.29) is 36.8 Å². The highest BCUT2D eigenvalue weighted by Crippen LogP contribution is 2.47. The molecule has 0 saturated carbocycles. The SMILES string of the molecule is CC(C)CN1C[C@@]2(CN(C(=O)C=CC(=O)O)C[C@@H]2c2ccc(F)cc2)N(c2ccc(Cl)cc2)C1=O. The van der Waals surface area contributed by atoms with Crippen LogP contribution in [0.2, 0.25) is 5.02 Å². The van der Waals surface area contributed by atoms with Gasteiger partial charge in [-0.3, -0.25) is 9.69 Å². The fourth-order valence-corrected chi connectivity index (χ4v) is 5.28. The summed E-state index contributed by atoms with van der Waals surface area (Å²) in [6.07, 6.45) is 1.83. The topological polar surface area (TPSA) is 81.2 Å². The van der Waals surface area contributed by atoms with Crippen molar-refractivity contribution in [3.8, 4) is 0 Å². The molecule has 1 N–H and O–H groups in total. The first kappa shape index (κ1) is 24.7. The second-order valence-electron chi connectivity index (χ2n) is 9.47. The second kappa shape index (κ2) is 9.70. The van der Waals surface area contributed by atoms with Crippen LogP contribution in [0.1, 0.15) is 25.3 Å². The summed E-state index contributed by atoms with van der Waals surface area (Å²) in [5.41, 5.74) is 0.597. The largest absolute Gasteiger partial charge is 0.478 e. The molecular weight excluding hydrogens is 473 g/mol. The van der Waals surface area contributed by atoms with Gasteiger partial charge in [0.15, 0.2) is 0 Å². The Hall–Kier alpha value is -3.39. The summed E-state index contributed by atoms with van der Waals surface area (Å²) in [7, 11) is 0. The first-order valence-corrected chi connectivity index (χ1v) is 11.8. The van der Waals surface area contributed by atoms with Crippen LogP contribution in [0.25, 0.3) is 0 Å². The molecule has 7 nitrogen and oxygen atoms in total. The van der Waals surface area contributed by atoms with Gasteiger partial charge >= 0.3 is 12.0 Å². The lowest BCUT2D eigenvalue weighted by Gasteiger charge is -2.38. The molecule has 4 rings (SSSR count). The monoisotopic (exact) mass is 499 g/mol. The quantitative estimate of drug-likeness (QED) is 0.598. The zero-order chi connectivity index (χ0) is 25.3. The molecule has 1 spiro atoms. The van der Waals surface area contributed by atoms with Gasteiger partial charge in [-0.25, -0.2) is 14.0 Å². The maximum Gasteiger partial charge on any atom is 0.328 e. The summed E-state index contributed by atoms with van der Waals surface area (Å²) >= 11 is 6.11. The lowest BCUT2D eigenvalue weighted by atomic mass is 9.81. The Kier molecular flexibility index (Phi) is 6.85. The molecule has 9 heteroatoms. The van der Waals surface area contributed by atoms with Crippen LogP contribution in [-0.4, -0.2) is 64.5 Å². The van der Waals surface area contributed by atoms with E-state index in [0.29, 0.717) is 23.8 Å². The van der Waals surface area contributed by atoms with Gasteiger partial charge in [-0.05, 0) is 47.9 Å². The zero-order valence-corrected chi connectivity index (χ0v) is 20.3. The zero-order valence-electron chi connectivity index (χ0n) is 19.5. The van der Waals surface area contributed by atoms with Gasteiger partial charge in [-0.15, -0.1) is 0 Å². The Morgan fingerprint density at radius 2 is 1.77 bits per heavy atom. The van der Waals surface area contributed by atoms with Crippen molar-refractivity contribution in [3.05, 3.63) is 77.1 Å². The fourth-order valence-electron chi connectivity index (χ4n) is 5.15. The number of carboxylic acids is 1. The molecule has 35 heavy (non-hydrogen) atoms. The van der Waals surface area contributed by atoms with Gasteiger partial charge in [-0.2, -0.15) is 0 Å². The molecule has 0 unspecified atom stereocenters. The molecule has 2 heterocycles. The van der Waals surface area contributed by atoms with Crippen molar-refractivity contribution in [2.75, 3.05) is 31.1 Å². The molecule has 0 aromatic heterocycles. The molecule has 0 bridgehead atoms. The van der Waals surface area contributed by atoms with E-state index < -0.39 is 17.4 Å². The number of anilines is 1. The third-order valence-electron chi connectivity index (χ3n) is 6.51. The lowest BCUT2D eigenvalue weighted by molar-refractivity contribution is -0.132. The van der Waals surface area contributed by atoms with E-state index in [1.165, 1.54) is 12.1 Å². The van der Waals surface area contributed by atoms with Crippen LogP contribution in [0, 0.1) is 11.7 Å². The van der Waals surface area contributed by atoms with Gasteiger partial charge in [-0.1, -0.05) is 37.6 Å². The van der Waals surface area contributed by atoms with Crippen molar-refractivity contribution in [1.82, 2.24) is 9.80 Å². The third kappa shape index (κ3) is 4.89. The summed E-state index contributed by atoms with van der Waals surface area (Å²) in [4.78, 5) is 42.8. The number of aliphatic carboxylic acids is 1. The Morgan fingerprint density at radius 3 is 2.37 bits per heavy atom. The second-order valence-corrected chi connectivity index (χ2v) is 9.90. The number of nitrogens with zero attached hydrogens (tertiary/aromatic N) is 3. The maximum atomic E-state index is 13.8. The summed E-state index contributed by atoms with van der Waals surface area (Å²) < 4.78 is 13.8. The normalized spacial score (nSPS) is 22.3. The number of halogens is 2. The van der Waals surface area contributed by atoms with E-state index >= 15 is 0 Å². The van der Waals surface area contributed by atoms with E-state index in [9.17, 15) is 18.8 Å². The minimum absolute atomic E-state index is 0.177. The molecular formula is C26H27ClFN3O4. The highest BCUT2D eigenvalue weighted by molar-refractivity contribution is 6.30. The van der Waals surface area contributed by atoms with Gasteiger partial charge < -0.3 is 14.9 Å². The van der Waals surface area contributed by atoms with Gasteiger partial charge in [0, 0.05) is 55.0 Å². The first-order chi connectivity index (χ1) is 16.6. The summed E-state index contributed by atoms with van der Waals surface area (Å²) in [5, 5.41) is 9.50. The number of amides is 3. The summed E-state index contributed by atoms with van der Waals surface area (Å²) in [6.45, 7) is 5.41. The van der Waals surface area contributed by atoms with Gasteiger partial charge in [0.2, 0.25) is 5.91 Å². The van der Waals surface area contributed by atoms with Crippen LogP contribution in [0.15, 0.2) is 60.7 Å². The molecule has 2 saturated heterocycles. The van der Waals surface area contributed by atoms with E-state index in [4.69, 9.17) is 16.7 Å². The Balaban J connectivity index is 1.83.